The molecular weight excluding hydrogens is 209 g/mol. The predicted octanol–water partition coefficient (Wildman–Crippen LogP) is -0.457. The Hall–Kier alpha value is -1.47. The summed E-state index contributed by atoms with van der Waals surface area (Å²) in [5.41, 5.74) is -0.978. The van der Waals surface area contributed by atoms with Gasteiger partial charge in [0.05, 0.1) is 0 Å². The first-order chi connectivity index (χ1) is 6.85. The maximum absolute atomic E-state index is 13.0. The van der Waals surface area contributed by atoms with Crippen LogP contribution in [-0.2, 0) is 10.7 Å². The second-order valence-corrected chi connectivity index (χ2v) is 2.88. The highest BCUT2D eigenvalue weighted by Crippen LogP contribution is 2.27. The van der Waals surface area contributed by atoms with Gasteiger partial charge in [-0.3, -0.25) is 0 Å². The smallest absolute Gasteiger partial charge is 0.477 e. The van der Waals surface area contributed by atoms with E-state index in [1.165, 1.54) is 6.07 Å². The van der Waals surface area contributed by atoms with Crippen molar-refractivity contribution in [1.29, 1.82) is 0 Å². The van der Waals surface area contributed by atoms with Gasteiger partial charge in [0.25, 0.3) is 0 Å². The van der Waals surface area contributed by atoms with Crippen molar-refractivity contribution in [2.45, 2.75) is 5.92 Å². The van der Waals surface area contributed by atoms with Gasteiger partial charge in [0.2, 0.25) is 0 Å². The summed E-state index contributed by atoms with van der Waals surface area (Å²) in [6.45, 7) is 0. The van der Waals surface area contributed by atoms with Crippen molar-refractivity contribution in [3.63, 3.8) is 0 Å². The highest BCUT2D eigenvalue weighted by atomic mass is 19.3. The number of aliphatic carboxylic acids is 1. The van der Waals surface area contributed by atoms with Gasteiger partial charge >= 0.3 is 19.0 Å². The molecule has 4 nitrogen and oxygen atoms in total. The van der Waals surface area contributed by atoms with Gasteiger partial charge in [0.1, 0.15) is 0 Å². The fourth-order valence-corrected chi connectivity index (χ4v) is 1.02. The third kappa shape index (κ3) is 2.31. The van der Waals surface area contributed by atoms with Crippen LogP contribution < -0.4 is 5.46 Å². The molecule has 0 spiro atoms. The molecule has 0 heterocycles. The van der Waals surface area contributed by atoms with E-state index >= 15 is 0 Å². The van der Waals surface area contributed by atoms with E-state index in [0.717, 1.165) is 18.2 Å². The molecule has 80 valence electrons. The molecule has 1 aromatic rings. The normalized spacial score (nSPS) is 11.2. The van der Waals surface area contributed by atoms with Gasteiger partial charge < -0.3 is 15.2 Å². The molecule has 0 aromatic heterocycles. The SMILES string of the molecule is O=C(O)C(F)(F)c1cccc(B(O)O)c1. The first kappa shape index (κ1) is 11.6. The Morgan fingerprint density at radius 2 is 1.93 bits per heavy atom. The fraction of sp³-hybridized carbons (Fsp3) is 0.125. The summed E-state index contributed by atoms with van der Waals surface area (Å²) in [4.78, 5) is 10.2. The third-order valence-corrected chi connectivity index (χ3v) is 1.82. The summed E-state index contributed by atoms with van der Waals surface area (Å²) in [6, 6.07) is 3.96. The van der Waals surface area contributed by atoms with E-state index in [1.807, 2.05) is 0 Å². The Kier molecular flexibility index (Phi) is 3.06. The maximum atomic E-state index is 13.0. The molecule has 0 amide bonds. The molecule has 0 aliphatic heterocycles. The predicted molar refractivity (Wildman–Crippen MR) is 47.8 cm³/mol. The van der Waals surface area contributed by atoms with Crippen LogP contribution in [0.4, 0.5) is 8.78 Å². The van der Waals surface area contributed by atoms with Crippen LogP contribution in [0.3, 0.4) is 0 Å². The molecule has 1 rings (SSSR count). The van der Waals surface area contributed by atoms with Gasteiger partial charge in [0, 0.05) is 5.56 Å². The van der Waals surface area contributed by atoms with Crippen LogP contribution in [0.15, 0.2) is 24.3 Å². The lowest BCUT2D eigenvalue weighted by Gasteiger charge is -2.12. The summed E-state index contributed by atoms with van der Waals surface area (Å²) < 4.78 is 25.9. The van der Waals surface area contributed by atoms with Gasteiger partial charge in [-0.1, -0.05) is 24.3 Å². The van der Waals surface area contributed by atoms with E-state index in [-0.39, 0.29) is 5.46 Å². The van der Waals surface area contributed by atoms with Gasteiger partial charge in [-0.05, 0) is 5.46 Å². The topological polar surface area (TPSA) is 77.8 Å². The van der Waals surface area contributed by atoms with E-state index < -0.39 is 24.6 Å². The van der Waals surface area contributed by atoms with Crippen molar-refractivity contribution in [3.8, 4) is 0 Å². The number of carbonyl (C=O) groups is 1. The fourth-order valence-electron chi connectivity index (χ4n) is 1.02. The molecule has 0 bridgehead atoms. The molecule has 15 heavy (non-hydrogen) atoms. The Balaban J connectivity index is 3.16. The van der Waals surface area contributed by atoms with Crippen LogP contribution >= 0.6 is 0 Å². The number of alkyl halides is 2. The number of benzene rings is 1. The minimum Gasteiger partial charge on any atom is -0.477 e. The molecule has 0 fully saturated rings. The lowest BCUT2D eigenvalue weighted by Crippen LogP contribution is -2.32. The van der Waals surface area contributed by atoms with Gasteiger partial charge in [-0.15, -0.1) is 0 Å². The molecule has 7 heteroatoms. The number of rotatable bonds is 3. The lowest BCUT2D eigenvalue weighted by molar-refractivity contribution is -0.166. The lowest BCUT2D eigenvalue weighted by atomic mass is 9.79. The average molecular weight is 216 g/mol. The van der Waals surface area contributed by atoms with Gasteiger partial charge in [-0.25, -0.2) is 4.79 Å². The molecule has 1 aromatic carbocycles. The molecule has 0 aliphatic rings. The second kappa shape index (κ2) is 3.96. The summed E-state index contributed by atoms with van der Waals surface area (Å²) in [5, 5.41) is 25.7. The van der Waals surface area contributed by atoms with Crippen molar-refractivity contribution in [2.24, 2.45) is 0 Å². The summed E-state index contributed by atoms with van der Waals surface area (Å²) in [7, 11) is -1.91. The molecule has 0 aliphatic carbocycles. The molecule has 3 N–H and O–H groups in total. The van der Waals surface area contributed by atoms with Crippen molar-refractivity contribution in [3.05, 3.63) is 29.8 Å². The molecule has 0 radical (unpaired) electrons. The number of hydrogen-bond donors (Lipinski definition) is 3. The highest BCUT2D eigenvalue weighted by Gasteiger charge is 2.41. The van der Waals surface area contributed by atoms with Crippen LogP contribution in [0.25, 0.3) is 0 Å². The Morgan fingerprint density at radius 3 is 2.40 bits per heavy atom. The number of hydrogen-bond acceptors (Lipinski definition) is 3. The number of carboxylic acids is 1. The zero-order chi connectivity index (χ0) is 11.6. The number of carboxylic acid groups (broad SMARTS) is 1. The molecule has 0 atom stereocenters. The highest BCUT2D eigenvalue weighted by molar-refractivity contribution is 6.58. The Morgan fingerprint density at radius 1 is 1.33 bits per heavy atom. The van der Waals surface area contributed by atoms with Crippen LogP contribution in [0.2, 0.25) is 0 Å². The van der Waals surface area contributed by atoms with Crippen molar-refractivity contribution >= 4 is 18.6 Å². The minimum atomic E-state index is -4.04. The summed E-state index contributed by atoms with van der Waals surface area (Å²) in [5.74, 6) is -6.32. The Bertz CT molecular complexity index is 381. The molecule has 0 saturated carbocycles. The largest absolute Gasteiger partial charge is 0.488 e. The quantitative estimate of drug-likeness (QED) is 0.597. The standard InChI is InChI=1S/C8H7BF2O4/c10-8(11,7(12)13)5-2-1-3-6(4-5)9(14)15/h1-4,14-15H,(H,12,13). The zero-order valence-corrected chi connectivity index (χ0v) is 7.39. The van der Waals surface area contributed by atoms with Crippen molar-refractivity contribution < 1.29 is 28.7 Å². The van der Waals surface area contributed by atoms with Crippen LogP contribution in [-0.4, -0.2) is 28.2 Å². The third-order valence-electron chi connectivity index (χ3n) is 1.82. The summed E-state index contributed by atoms with van der Waals surface area (Å²) in [6.07, 6.45) is 0. The average Bonchev–Trinajstić information content (AvgIpc) is 2.17. The van der Waals surface area contributed by atoms with Crippen molar-refractivity contribution in [2.75, 3.05) is 0 Å². The maximum Gasteiger partial charge on any atom is 0.488 e. The van der Waals surface area contributed by atoms with Crippen LogP contribution in [0.1, 0.15) is 5.56 Å². The van der Waals surface area contributed by atoms with Crippen LogP contribution in [0, 0.1) is 0 Å². The monoisotopic (exact) mass is 216 g/mol. The van der Waals surface area contributed by atoms with E-state index in [1.54, 1.807) is 0 Å². The molecule has 0 saturated heterocycles. The minimum absolute atomic E-state index is 0.187. The van der Waals surface area contributed by atoms with E-state index in [4.69, 9.17) is 15.2 Å². The van der Waals surface area contributed by atoms with Crippen molar-refractivity contribution in [1.82, 2.24) is 0 Å². The summed E-state index contributed by atoms with van der Waals surface area (Å²) >= 11 is 0. The Labute approximate surface area is 83.9 Å². The van der Waals surface area contributed by atoms with E-state index in [0.29, 0.717) is 0 Å². The van der Waals surface area contributed by atoms with E-state index in [9.17, 15) is 13.6 Å². The zero-order valence-electron chi connectivity index (χ0n) is 7.39. The van der Waals surface area contributed by atoms with E-state index in [2.05, 4.69) is 0 Å². The van der Waals surface area contributed by atoms with Gasteiger partial charge in [-0.2, -0.15) is 8.78 Å². The molecule has 0 unspecified atom stereocenters. The van der Waals surface area contributed by atoms with Crippen LogP contribution in [0.5, 0.6) is 0 Å². The van der Waals surface area contributed by atoms with Gasteiger partial charge in [0.15, 0.2) is 0 Å². The second-order valence-electron chi connectivity index (χ2n) is 2.88. The molecular formula is C8H7BF2O4. The first-order valence-corrected chi connectivity index (χ1v) is 3.93. The first-order valence-electron chi connectivity index (χ1n) is 3.93. The number of halogens is 2.